The van der Waals surface area contributed by atoms with Crippen molar-refractivity contribution >= 4 is 0 Å². The maximum atomic E-state index is 10.1. The summed E-state index contributed by atoms with van der Waals surface area (Å²) in [5, 5.41) is 38.8. The first-order chi connectivity index (χ1) is 9.90. The third-order valence-corrected chi connectivity index (χ3v) is 3.36. The lowest BCUT2D eigenvalue weighted by molar-refractivity contribution is -0.184. The molecule has 0 fully saturated rings. The molecule has 6 heteroatoms. The maximum absolute atomic E-state index is 10.1. The Balaban J connectivity index is 2.72. The molecule has 1 aromatic rings. The Morgan fingerprint density at radius 2 is 1.57 bits per heavy atom. The number of rotatable bonds is 8. The smallest absolute Gasteiger partial charge is 0.228 e. The average molecular weight is 300 g/mol. The van der Waals surface area contributed by atoms with Crippen LogP contribution in [0.1, 0.15) is 12.5 Å². The van der Waals surface area contributed by atoms with Crippen LogP contribution in [0.2, 0.25) is 0 Å². The lowest BCUT2D eigenvalue weighted by Crippen LogP contribution is -2.49. The first-order valence-corrected chi connectivity index (χ1v) is 6.81. The Labute approximate surface area is 124 Å². The van der Waals surface area contributed by atoms with Crippen LogP contribution in [0.5, 0.6) is 5.75 Å². The Morgan fingerprint density at radius 1 is 1.00 bits per heavy atom. The van der Waals surface area contributed by atoms with Crippen LogP contribution < -0.4 is 4.74 Å². The van der Waals surface area contributed by atoms with Crippen LogP contribution in [0.25, 0.3) is 0 Å². The van der Waals surface area contributed by atoms with Gasteiger partial charge >= 0.3 is 0 Å². The van der Waals surface area contributed by atoms with Gasteiger partial charge in [0.05, 0.1) is 6.10 Å². The van der Waals surface area contributed by atoms with Crippen molar-refractivity contribution in [2.75, 3.05) is 13.7 Å². The van der Waals surface area contributed by atoms with E-state index in [0.717, 1.165) is 5.56 Å². The van der Waals surface area contributed by atoms with Crippen molar-refractivity contribution in [3.05, 3.63) is 29.8 Å². The van der Waals surface area contributed by atoms with Crippen molar-refractivity contribution in [1.29, 1.82) is 0 Å². The fourth-order valence-corrected chi connectivity index (χ4v) is 1.82. The number of ether oxygens (including phenoxy) is 2. The van der Waals surface area contributed by atoms with Gasteiger partial charge in [-0.25, -0.2) is 0 Å². The monoisotopic (exact) mass is 300 g/mol. The van der Waals surface area contributed by atoms with Gasteiger partial charge in [-0.2, -0.15) is 0 Å². The summed E-state index contributed by atoms with van der Waals surface area (Å²) in [6.45, 7) is 3.19. The van der Waals surface area contributed by atoms with Crippen LogP contribution in [0.4, 0.5) is 0 Å². The standard InChI is InChI=1S/C15H24O6/c1-9-4-6-11(7-5-9)21-15(20-3)14(19)13(18)12(17)10(2)8-16/h4-7,10,12-19H,8H2,1-3H3. The second-order valence-electron chi connectivity index (χ2n) is 5.17. The predicted octanol–water partition coefficient (Wildman–Crippen LogP) is 0.0574. The van der Waals surface area contributed by atoms with Gasteiger partial charge in [-0.3, -0.25) is 0 Å². The fraction of sp³-hybridized carbons (Fsp3) is 0.600. The normalized spacial score (nSPS) is 18.6. The van der Waals surface area contributed by atoms with E-state index >= 15 is 0 Å². The van der Waals surface area contributed by atoms with Crippen molar-refractivity contribution < 1.29 is 29.9 Å². The first-order valence-electron chi connectivity index (χ1n) is 6.81. The molecule has 0 amide bonds. The molecule has 6 nitrogen and oxygen atoms in total. The van der Waals surface area contributed by atoms with E-state index in [4.69, 9.17) is 14.6 Å². The van der Waals surface area contributed by atoms with Gasteiger partial charge < -0.3 is 29.9 Å². The molecule has 0 saturated carbocycles. The minimum absolute atomic E-state index is 0.304. The molecule has 0 aliphatic rings. The number of hydrogen-bond donors (Lipinski definition) is 4. The highest BCUT2D eigenvalue weighted by Gasteiger charge is 2.35. The quantitative estimate of drug-likeness (QED) is 0.507. The van der Waals surface area contributed by atoms with Crippen LogP contribution in [0.15, 0.2) is 24.3 Å². The molecule has 21 heavy (non-hydrogen) atoms. The molecule has 0 saturated heterocycles. The lowest BCUT2D eigenvalue weighted by Gasteiger charge is -2.30. The second kappa shape index (κ2) is 8.31. The largest absolute Gasteiger partial charge is 0.462 e. The molecule has 0 bridgehead atoms. The molecule has 0 radical (unpaired) electrons. The molecule has 120 valence electrons. The zero-order valence-corrected chi connectivity index (χ0v) is 12.5. The highest BCUT2D eigenvalue weighted by molar-refractivity contribution is 5.26. The zero-order valence-electron chi connectivity index (χ0n) is 12.5. The molecule has 0 heterocycles. The molecule has 5 atom stereocenters. The summed E-state index contributed by atoms with van der Waals surface area (Å²) in [4.78, 5) is 0. The van der Waals surface area contributed by atoms with Crippen LogP contribution in [0.3, 0.4) is 0 Å². The van der Waals surface area contributed by atoms with Gasteiger partial charge in [-0.15, -0.1) is 0 Å². The minimum atomic E-state index is -1.50. The van der Waals surface area contributed by atoms with Gasteiger partial charge in [-0.1, -0.05) is 24.6 Å². The molecule has 0 aromatic heterocycles. The summed E-state index contributed by atoms with van der Waals surface area (Å²) in [6, 6.07) is 7.11. The van der Waals surface area contributed by atoms with E-state index in [9.17, 15) is 15.3 Å². The molecule has 1 aromatic carbocycles. The summed E-state index contributed by atoms with van der Waals surface area (Å²) < 4.78 is 10.5. The highest BCUT2D eigenvalue weighted by Crippen LogP contribution is 2.18. The lowest BCUT2D eigenvalue weighted by atomic mass is 9.97. The summed E-state index contributed by atoms with van der Waals surface area (Å²) in [7, 11) is 1.33. The average Bonchev–Trinajstić information content (AvgIpc) is 2.51. The Bertz CT molecular complexity index is 407. The van der Waals surface area contributed by atoms with Gasteiger partial charge in [0.15, 0.2) is 0 Å². The van der Waals surface area contributed by atoms with E-state index in [1.807, 2.05) is 19.1 Å². The molecule has 4 N–H and O–H groups in total. The van der Waals surface area contributed by atoms with E-state index in [0.29, 0.717) is 5.75 Å². The van der Waals surface area contributed by atoms with Gasteiger partial charge in [-0.05, 0) is 19.1 Å². The highest BCUT2D eigenvalue weighted by atomic mass is 16.7. The molecule has 0 aliphatic carbocycles. The zero-order chi connectivity index (χ0) is 16.0. The Hall–Kier alpha value is -1.18. The molecule has 5 unspecified atom stereocenters. The van der Waals surface area contributed by atoms with E-state index in [-0.39, 0.29) is 6.61 Å². The van der Waals surface area contributed by atoms with Gasteiger partial charge in [0, 0.05) is 19.6 Å². The molecule has 0 spiro atoms. The third-order valence-electron chi connectivity index (χ3n) is 3.36. The second-order valence-corrected chi connectivity index (χ2v) is 5.17. The fourth-order valence-electron chi connectivity index (χ4n) is 1.82. The maximum Gasteiger partial charge on any atom is 0.228 e. The number of hydrogen-bond acceptors (Lipinski definition) is 6. The minimum Gasteiger partial charge on any atom is -0.462 e. The van der Waals surface area contributed by atoms with Crippen LogP contribution in [-0.2, 0) is 4.74 Å². The van der Waals surface area contributed by atoms with Crippen molar-refractivity contribution in [2.24, 2.45) is 5.92 Å². The van der Waals surface area contributed by atoms with Gasteiger partial charge in [0.1, 0.15) is 18.0 Å². The van der Waals surface area contributed by atoms with Crippen LogP contribution in [0, 0.1) is 12.8 Å². The third kappa shape index (κ3) is 4.94. The number of benzene rings is 1. The van der Waals surface area contributed by atoms with Crippen molar-refractivity contribution in [3.63, 3.8) is 0 Å². The summed E-state index contributed by atoms with van der Waals surface area (Å²) in [5.41, 5.74) is 1.06. The van der Waals surface area contributed by atoms with Gasteiger partial charge in [0.2, 0.25) is 6.29 Å². The summed E-state index contributed by atoms with van der Waals surface area (Å²) in [5.74, 6) is -0.102. The van der Waals surface area contributed by atoms with Gasteiger partial charge in [0.25, 0.3) is 0 Å². The van der Waals surface area contributed by atoms with E-state index < -0.39 is 30.5 Å². The van der Waals surface area contributed by atoms with E-state index in [2.05, 4.69) is 0 Å². The Morgan fingerprint density at radius 3 is 2.05 bits per heavy atom. The van der Waals surface area contributed by atoms with Crippen LogP contribution >= 0.6 is 0 Å². The van der Waals surface area contributed by atoms with Crippen molar-refractivity contribution in [2.45, 2.75) is 38.4 Å². The number of aliphatic hydroxyl groups excluding tert-OH is 4. The molecular formula is C15H24O6. The SMILES string of the molecule is COC(Oc1ccc(C)cc1)C(O)C(O)C(O)C(C)CO. The predicted molar refractivity (Wildman–Crippen MR) is 76.9 cm³/mol. The molecular weight excluding hydrogens is 276 g/mol. The number of methoxy groups -OCH3 is 1. The summed E-state index contributed by atoms with van der Waals surface area (Å²) >= 11 is 0. The van der Waals surface area contributed by atoms with E-state index in [1.54, 1.807) is 19.1 Å². The number of aliphatic hydroxyl groups is 4. The topological polar surface area (TPSA) is 99.4 Å². The van der Waals surface area contributed by atoms with E-state index in [1.165, 1.54) is 7.11 Å². The first kappa shape index (κ1) is 17.9. The molecule has 1 rings (SSSR count). The van der Waals surface area contributed by atoms with Crippen molar-refractivity contribution in [1.82, 2.24) is 0 Å². The molecule has 0 aliphatic heterocycles. The Kier molecular flexibility index (Phi) is 7.07. The summed E-state index contributed by atoms with van der Waals surface area (Å²) in [6.07, 6.45) is -5.38. The van der Waals surface area contributed by atoms with Crippen molar-refractivity contribution in [3.8, 4) is 5.75 Å². The van der Waals surface area contributed by atoms with Crippen LogP contribution in [-0.4, -0.2) is 58.7 Å². The number of aryl methyl sites for hydroxylation is 1.